The summed E-state index contributed by atoms with van der Waals surface area (Å²) in [5.74, 6) is 0.608. The van der Waals surface area contributed by atoms with E-state index in [4.69, 9.17) is 9.72 Å². The summed E-state index contributed by atoms with van der Waals surface area (Å²) < 4.78 is 5.76. The summed E-state index contributed by atoms with van der Waals surface area (Å²) in [6.07, 6.45) is 3.43. The van der Waals surface area contributed by atoms with E-state index < -0.39 is 0 Å². The van der Waals surface area contributed by atoms with E-state index in [1.807, 2.05) is 73.7 Å². The highest BCUT2D eigenvalue weighted by molar-refractivity contribution is 6.07. The molecule has 0 aliphatic rings. The van der Waals surface area contributed by atoms with Crippen molar-refractivity contribution in [2.24, 2.45) is 0 Å². The smallest absolute Gasteiger partial charge is 0.252 e. The van der Waals surface area contributed by atoms with Gasteiger partial charge in [-0.15, -0.1) is 0 Å². The summed E-state index contributed by atoms with van der Waals surface area (Å²) in [6, 6.07) is 21.0. The predicted molar refractivity (Wildman–Crippen MR) is 114 cm³/mol. The first kappa shape index (κ1) is 18.6. The van der Waals surface area contributed by atoms with Crippen molar-refractivity contribution >= 4 is 16.8 Å². The molecule has 0 bridgehead atoms. The first-order chi connectivity index (χ1) is 14.3. The van der Waals surface area contributed by atoms with Gasteiger partial charge in [0.1, 0.15) is 5.75 Å². The summed E-state index contributed by atoms with van der Waals surface area (Å²) >= 11 is 0. The average molecular weight is 383 g/mol. The lowest BCUT2D eigenvalue weighted by Crippen LogP contribution is -2.23. The summed E-state index contributed by atoms with van der Waals surface area (Å²) in [4.78, 5) is 21.8. The van der Waals surface area contributed by atoms with Crippen molar-refractivity contribution in [3.8, 4) is 17.0 Å². The largest absolute Gasteiger partial charge is 0.493 e. The van der Waals surface area contributed by atoms with E-state index in [0.29, 0.717) is 24.4 Å². The minimum Gasteiger partial charge on any atom is -0.493 e. The van der Waals surface area contributed by atoms with Crippen LogP contribution in [0.1, 0.15) is 22.8 Å². The number of para-hydroxylation sites is 2. The van der Waals surface area contributed by atoms with Crippen LogP contribution in [0.2, 0.25) is 0 Å². The van der Waals surface area contributed by atoms with E-state index in [9.17, 15) is 4.79 Å². The third-order valence-electron chi connectivity index (χ3n) is 4.63. The molecule has 0 aliphatic carbocycles. The van der Waals surface area contributed by atoms with E-state index in [-0.39, 0.29) is 5.91 Å². The topological polar surface area (TPSA) is 64.1 Å². The molecule has 2 aromatic heterocycles. The van der Waals surface area contributed by atoms with Crippen molar-refractivity contribution in [2.45, 2.75) is 13.5 Å². The summed E-state index contributed by atoms with van der Waals surface area (Å²) in [5, 5.41) is 3.82. The number of hydrogen-bond donors (Lipinski definition) is 1. The number of nitrogens with zero attached hydrogens (tertiary/aromatic N) is 2. The number of amides is 1. The summed E-state index contributed by atoms with van der Waals surface area (Å²) in [5.41, 5.74) is 3.93. The zero-order chi connectivity index (χ0) is 20.1. The zero-order valence-corrected chi connectivity index (χ0v) is 16.1. The van der Waals surface area contributed by atoms with Gasteiger partial charge in [-0.05, 0) is 48.9 Å². The predicted octanol–water partition coefficient (Wildman–Crippen LogP) is 4.63. The number of carbonyl (C=O) groups excluding carboxylic acids is 1. The van der Waals surface area contributed by atoms with Gasteiger partial charge in [0.15, 0.2) is 0 Å². The van der Waals surface area contributed by atoms with Crippen molar-refractivity contribution in [3.05, 3.63) is 90.3 Å². The summed E-state index contributed by atoms with van der Waals surface area (Å²) in [7, 11) is 0. The van der Waals surface area contributed by atoms with Gasteiger partial charge in [-0.25, -0.2) is 4.98 Å². The molecule has 0 saturated heterocycles. The van der Waals surface area contributed by atoms with Crippen LogP contribution in [0.4, 0.5) is 0 Å². The Labute approximate surface area is 169 Å². The van der Waals surface area contributed by atoms with Crippen molar-refractivity contribution in [3.63, 3.8) is 0 Å². The van der Waals surface area contributed by atoms with E-state index in [1.54, 1.807) is 12.4 Å². The Morgan fingerprint density at radius 1 is 1.00 bits per heavy atom. The zero-order valence-electron chi connectivity index (χ0n) is 16.1. The van der Waals surface area contributed by atoms with Crippen molar-refractivity contribution < 1.29 is 9.53 Å². The molecule has 4 aromatic rings. The van der Waals surface area contributed by atoms with Gasteiger partial charge in [0, 0.05) is 29.9 Å². The SMILES string of the molecule is CCOc1ccccc1-c1cc(C(=O)NCc2ccncc2)c2ccccc2n1. The molecule has 1 amide bonds. The molecule has 5 heteroatoms. The number of rotatable bonds is 6. The first-order valence-corrected chi connectivity index (χ1v) is 9.55. The molecule has 5 nitrogen and oxygen atoms in total. The maximum Gasteiger partial charge on any atom is 0.252 e. The van der Waals surface area contributed by atoms with Crippen LogP contribution in [0.5, 0.6) is 5.75 Å². The fourth-order valence-corrected chi connectivity index (χ4v) is 3.24. The quantitative estimate of drug-likeness (QED) is 0.527. The van der Waals surface area contributed by atoms with Crippen molar-refractivity contribution in [1.82, 2.24) is 15.3 Å². The van der Waals surface area contributed by atoms with Crippen LogP contribution in [-0.4, -0.2) is 22.5 Å². The molecule has 1 N–H and O–H groups in total. The Balaban J connectivity index is 1.74. The van der Waals surface area contributed by atoms with Crippen LogP contribution >= 0.6 is 0 Å². The lowest BCUT2D eigenvalue weighted by molar-refractivity contribution is 0.0952. The Morgan fingerprint density at radius 3 is 2.59 bits per heavy atom. The van der Waals surface area contributed by atoms with Gasteiger partial charge in [0.2, 0.25) is 0 Å². The minimum absolute atomic E-state index is 0.143. The van der Waals surface area contributed by atoms with Crippen molar-refractivity contribution in [2.75, 3.05) is 6.61 Å². The van der Waals surface area contributed by atoms with E-state index in [0.717, 1.165) is 27.8 Å². The van der Waals surface area contributed by atoms with Gasteiger partial charge in [0.05, 0.1) is 23.4 Å². The molecule has 0 saturated carbocycles. The van der Waals surface area contributed by atoms with Gasteiger partial charge in [0.25, 0.3) is 5.91 Å². The molecule has 0 atom stereocenters. The lowest BCUT2D eigenvalue weighted by Gasteiger charge is -2.13. The Bertz CT molecular complexity index is 1140. The standard InChI is InChI=1S/C24H21N3O2/c1-2-29-23-10-6-4-8-19(23)22-15-20(18-7-3-5-9-21(18)27-22)24(28)26-16-17-11-13-25-14-12-17/h3-15H,2,16H2,1H3,(H,26,28). The molecule has 0 aliphatic heterocycles. The van der Waals surface area contributed by atoms with Gasteiger partial charge in [-0.3, -0.25) is 9.78 Å². The van der Waals surface area contributed by atoms with Crippen LogP contribution in [0.25, 0.3) is 22.2 Å². The van der Waals surface area contributed by atoms with Crippen molar-refractivity contribution in [1.29, 1.82) is 0 Å². The molecule has 29 heavy (non-hydrogen) atoms. The summed E-state index contributed by atoms with van der Waals surface area (Å²) in [6.45, 7) is 2.94. The highest BCUT2D eigenvalue weighted by atomic mass is 16.5. The molecule has 0 fully saturated rings. The van der Waals surface area contributed by atoms with Crippen LogP contribution in [0, 0.1) is 0 Å². The van der Waals surface area contributed by atoms with Gasteiger partial charge in [-0.1, -0.05) is 30.3 Å². The molecule has 2 aromatic carbocycles. The highest BCUT2D eigenvalue weighted by Crippen LogP contribution is 2.31. The molecule has 144 valence electrons. The van der Waals surface area contributed by atoms with Gasteiger partial charge in [-0.2, -0.15) is 0 Å². The monoisotopic (exact) mass is 383 g/mol. The number of hydrogen-bond acceptors (Lipinski definition) is 4. The Hall–Kier alpha value is -3.73. The van der Waals surface area contributed by atoms with Crippen LogP contribution < -0.4 is 10.1 Å². The number of benzene rings is 2. The molecule has 0 spiro atoms. The fraction of sp³-hybridized carbons (Fsp3) is 0.125. The second-order valence-corrected chi connectivity index (χ2v) is 6.54. The van der Waals surface area contributed by atoms with Gasteiger partial charge >= 0.3 is 0 Å². The Morgan fingerprint density at radius 2 is 1.76 bits per heavy atom. The third kappa shape index (κ3) is 4.09. The fourth-order valence-electron chi connectivity index (χ4n) is 3.24. The molecule has 2 heterocycles. The molecule has 0 radical (unpaired) electrons. The minimum atomic E-state index is -0.143. The van der Waals surface area contributed by atoms with Crippen LogP contribution in [0.3, 0.4) is 0 Å². The maximum atomic E-state index is 13.0. The second kappa shape index (κ2) is 8.52. The molecule has 4 rings (SSSR count). The normalized spacial score (nSPS) is 10.7. The highest BCUT2D eigenvalue weighted by Gasteiger charge is 2.15. The molecular formula is C24H21N3O2. The number of fused-ring (bicyclic) bond motifs is 1. The average Bonchev–Trinajstić information content (AvgIpc) is 2.78. The molecule has 0 unspecified atom stereocenters. The second-order valence-electron chi connectivity index (χ2n) is 6.54. The number of aromatic nitrogens is 2. The number of pyridine rings is 2. The molecular weight excluding hydrogens is 362 g/mol. The number of carbonyl (C=O) groups is 1. The first-order valence-electron chi connectivity index (χ1n) is 9.55. The number of ether oxygens (including phenoxy) is 1. The van der Waals surface area contributed by atoms with Crippen LogP contribution in [0.15, 0.2) is 79.1 Å². The number of nitrogens with one attached hydrogen (secondary N) is 1. The van der Waals surface area contributed by atoms with E-state index >= 15 is 0 Å². The lowest BCUT2D eigenvalue weighted by atomic mass is 10.0. The maximum absolute atomic E-state index is 13.0. The van der Waals surface area contributed by atoms with E-state index in [1.165, 1.54) is 0 Å². The van der Waals surface area contributed by atoms with Crippen LogP contribution in [-0.2, 0) is 6.54 Å². The van der Waals surface area contributed by atoms with E-state index in [2.05, 4.69) is 10.3 Å². The van der Waals surface area contributed by atoms with Gasteiger partial charge < -0.3 is 10.1 Å². The third-order valence-corrected chi connectivity index (χ3v) is 4.63. The Kier molecular flexibility index (Phi) is 5.47.